The topological polar surface area (TPSA) is 79.0 Å². The molecule has 9 heteroatoms. The molecule has 1 saturated carbocycles. The maximum Gasteiger partial charge on any atom is 0.322 e. The average molecular weight is 442 g/mol. The lowest BCUT2D eigenvalue weighted by atomic mass is 9.94. The third kappa shape index (κ3) is 5.63. The van der Waals surface area contributed by atoms with Gasteiger partial charge in [0.15, 0.2) is 9.84 Å². The second-order valence-electron chi connectivity index (χ2n) is 8.24. The lowest BCUT2D eigenvalue weighted by Gasteiger charge is -2.33. The first-order chi connectivity index (χ1) is 14.3. The Balaban J connectivity index is 1.69. The van der Waals surface area contributed by atoms with Gasteiger partial charge in [0.2, 0.25) is 0 Å². The third-order valence-electron chi connectivity index (χ3n) is 6.15. The highest BCUT2D eigenvalue weighted by molar-refractivity contribution is 7.91. The van der Waals surface area contributed by atoms with Gasteiger partial charge in [-0.2, -0.15) is 0 Å². The molecule has 1 atom stereocenters. The number of hydrogen-bond donors (Lipinski definition) is 1. The van der Waals surface area contributed by atoms with Crippen molar-refractivity contribution in [1.29, 1.82) is 0 Å². The van der Waals surface area contributed by atoms with Gasteiger partial charge in [0.25, 0.3) is 0 Å². The molecule has 1 aliphatic heterocycles. The molecule has 2 fully saturated rings. The predicted octanol–water partition coefficient (Wildman–Crippen LogP) is 3.26. The molecule has 0 radical (unpaired) electrons. The Morgan fingerprint density at radius 3 is 2.53 bits per heavy atom. The van der Waals surface area contributed by atoms with Crippen LogP contribution in [0.3, 0.4) is 0 Å². The van der Waals surface area contributed by atoms with Crippen molar-refractivity contribution in [3.8, 4) is 0 Å². The summed E-state index contributed by atoms with van der Waals surface area (Å²) in [4.78, 5) is 16.3. The van der Waals surface area contributed by atoms with Crippen LogP contribution in [0.4, 0.5) is 20.6 Å². The summed E-state index contributed by atoms with van der Waals surface area (Å²) in [6.45, 7) is 0.566. The van der Waals surface area contributed by atoms with Crippen LogP contribution < -0.4 is 10.2 Å². The summed E-state index contributed by atoms with van der Waals surface area (Å²) in [6.07, 6.45) is 6.09. The molecule has 2 aliphatic rings. The van der Waals surface area contributed by atoms with E-state index in [0.29, 0.717) is 30.4 Å². The molecular formula is C21H32FN3O4S. The zero-order valence-corrected chi connectivity index (χ0v) is 18.6. The minimum absolute atomic E-state index is 0.0520. The van der Waals surface area contributed by atoms with Crippen LogP contribution in [0.15, 0.2) is 18.2 Å². The van der Waals surface area contributed by atoms with Gasteiger partial charge in [-0.05, 0) is 37.5 Å². The molecule has 1 aromatic rings. The number of carbonyl (C=O) groups excluding carboxylic acids is 1. The van der Waals surface area contributed by atoms with E-state index in [1.165, 1.54) is 37.3 Å². The maximum absolute atomic E-state index is 14.8. The summed E-state index contributed by atoms with van der Waals surface area (Å²) in [5.41, 5.74) is 0.875. The molecule has 1 N–H and O–H groups in total. The van der Waals surface area contributed by atoms with E-state index in [1.807, 2.05) is 11.9 Å². The molecule has 168 valence electrons. The molecule has 30 heavy (non-hydrogen) atoms. The standard InChI is InChI=1S/C21H32FN3O4S/c1-24(17-6-4-3-5-7-17)20-9-8-16(14-19(20)22)23-21(26)25(11-12-29-2)18-10-13-30(27,28)15-18/h8-9,14,17-18H,3-7,10-13,15H2,1-2H3,(H,23,26). The zero-order chi connectivity index (χ0) is 21.7. The summed E-state index contributed by atoms with van der Waals surface area (Å²) in [5.74, 6) is -0.359. The van der Waals surface area contributed by atoms with Crippen LogP contribution in [0.1, 0.15) is 38.5 Å². The monoisotopic (exact) mass is 441 g/mol. The first-order valence-corrected chi connectivity index (χ1v) is 12.4. The van der Waals surface area contributed by atoms with Crippen molar-refractivity contribution in [2.45, 2.75) is 50.6 Å². The van der Waals surface area contributed by atoms with E-state index in [-0.39, 0.29) is 23.9 Å². The first-order valence-electron chi connectivity index (χ1n) is 10.6. The lowest BCUT2D eigenvalue weighted by molar-refractivity contribution is 0.140. The van der Waals surface area contributed by atoms with Crippen LogP contribution >= 0.6 is 0 Å². The van der Waals surface area contributed by atoms with E-state index in [0.717, 1.165) is 12.8 Å². The van der Waals surface area contributed by atoms with Crippen LogP contribution in [0.2, 0.25) is 0 Å². The Hall–Kier alpha value is -1.87. The summed E-state index contributed by atoms with van der Waals surface area (Å²) in [6, 6.07) is 4.21. The van der Waals surface area contributed by atoms with Crippen molar-refractivity contribution in [1.82, 2.24) is 4.90 Å². The SMILES string of the molecule is COCCN(C(=O)Nc1ccc(N(C)C2CCCCC2)c(F)c1)C1CCS(=O)(=O)C1. The van der Waals surface area contributed by atoms with E-state index >= 15 is 0 Å². The zero-order valence-electron chi connectivity index (χ0n) is 17.8. The number of urea groups is 1. The van der Waals surface area contributed by atoms with E-state index in [9.17, 15) is 17.6 Å². The fourth-order valence-corrected chi connectivity index (χ4v) is 6.12. The number of rotatable bonds is 7. The normalized spacial score (nSPS) is 21.4. The number of sulfone groups is 1. The van der Waals surface area contributed by atoms with Gasteiger partial charge in [0.05, 0.1) is 23.8 Å². The molecule has 1 aliphatic carbocycles. The molecule has 1 unspecified atom stereocenters. The van der Waals surface area contributed by atoms with Gasteiger partial charge in [-0.1, -0.05) is 19.3 Å². The van der Waals surface area contributed by atoms with E-state index in [4.69, 9.17) is 4.74 Å². The number of methoxy groups -OCH3 is 1. The second kappa shape index (κ2) is 9.96. The van der Waals surface area contributed by atoms with Gasteiger partial charge < -0.3 is 19.9 Å². The second-order valence-corrected chi connectivity index (χ2v) is 10.5. The van der Waals surface area contributed by atoms with Crippen molar-refractivity contribution in [3.63, 3.8) is 0 Å². The Kier molecular flexibility index (Phi) is 7.57. The number of nitrogens with zero attached hydrogens (tertiary/aromatic N) is 2. The number of amides is 2. The van der Waals surface area contributed by atoms with Gasteiger partial charge in [0.1, 0.15) is 5.82 Å². The lowest BCUT2D eigenvalue weighted by Crippen LogP contribution is -2.45. The highest BCUT2D eigenvalue weighted by atomic mass is 32.2. The highest BCUT2D eigenvalue weighted by Crippen LogP contribution is 2.29. The smallest absolute Gasteiger partial charge is 0.322 e. The van der Waals surface area contributed by atoms with Crippen LogP contribution in [-0.4, -0.2) is 70.2 Å². The van der Waals surface area contributed by atoms with Crippen molar-refractivity contribution < 1.29 is 22.3 Å². The number of ether oxygens (including phenoxy) is 1. The van der Waals surface area contributed by atoms with E-state index < -0.39 is 21.9 Å². The van der Waals surface area contributed by atoms with Gasteiger partial charge in [-0.15, -0.1) is 0 Å². The highest BCUT2D eigenvalue weighted by Gasteiger charge is 2.34. The van der Waals surface area contributed by atoms with E-state index in [2.05, 4.69) is 5.32 Å². The number of carbonyl (C=O) groups is 1. The summed E-state index contributed by atoms with van der Waals surface area (Å²) in [7, 11) is 0.310. The predicted molar refractivity (Wildman–Crippen MR) is 116 cm³/mol. The molecule has 1 aromatic carbocycles. The van der Waals surface area contributed by atoms with Gasteiger partial charge in [0, 0.05) is 38.5 Å². The molecule has 1 saturated heterocycles. The molecule has 3 rings (SSSR count). The summed E-state index contributed by atoms with van der Waals surface area (Å²) < 4.78 is 43.5. The number of halogens is 1. The molecule has 0 bridgehead atoms. The largest absolute Gasteiger partial charge is 0.383 e. The number of hydrogen-bond acceptors (Lipinski definition) is 5. The molecule has 2 amide bonds. The molecule has 0 aromatic heterocycles. The minimum Gasteiger partial charge on any atom is -0.383 e. The Bertz CT molecular complexity index is 843. The fourth-order valence-electron chi connectivity index (χ4n) is 4.39. The fraction of sp³-hybridized carbons (Fsp3) is 0.667. The van der Waals surface area contributed by atoms with E-state index in [1.54, 1.807) is 12.1 Å². The molecule has 0 spiro atoms. The van der Waals surface area contributed by atoms with Crippen LogP contribution in [0.25, 0.3) is 0 Å². The number of nitrogens with one attached hydrogen (secondary N) is 1. The summed E-state index contributed by atoms with van der Waals surface area (Å²) in [5, 5.41) is 2.72. The summed E-state index contributed by atoms with van der Waals surface area (Å²) >= 11 is 0. The van der Waals surface area contributed by atoms with Gasteiger partial charge >= 0.3 is 6.03 Å². The number of anilines is 2. The van der Waals surface area contributed by atoms with Crippen LogP contribution in [0, 0.1) is 5.82 Å². The molecule has 1 heterocycles. The van der Waals surface area contributed by atoms with Gasteiger partial charge in [-0.3, -0.25) is 0 Å². The Labute approximate surface area is 178 Å². The molecular weight excluding hydrogens is 409 g/mol. The van der Waals surface area contributed by atoms with Crippen LogP contribution in [0.5, 0.6) is 0 Å². The van der Waals surface area contributed by atoms with Crippen molar-refractivity contribution in [2.75, 3.05) is 49.0 Å². The Morgan fingerprint density at radius 1 is 1.20 bits per heavy atom. The minimum atomic E-state index is -3.13. The van der Waals surface area contributed by atoms with Crippen molar-refractivity contribution in [2.24, 2.45) is 0 Å². The average Bonchev–Trinajstić information content (AvgIpc) is 3.08. The van der Waals surface area contributed by atoms with Crippen LogP contribution in [-0.2, 0) is 14.6 Å². The number of benzene rings is 1. The third-order valence-corrected chi connectivity index (χ3v) is 7.90. The van der Waals surface area contributed by atoms with Crippen molar-refractivity contribution in [3.05, 3.63) is 24.0 Å². The van der Waals surface area contributed by atoms with Gasteiger partial charge in [-0.25, -0.2) is 17.6 Å². The Morgan fingerprint density at radius 2 is 1.93 bits per heavy atom. The quantitative estimate of drug-likeness (QED) is 0.703. The first kappa shape index (κ1) is 22.8. The van der Waals surface area contributed by atoms with Crippen molar-refractivity contribution >= 4 is 27.2 Å². The maximum atomic E-state index is 14.8. The molecule has 7 nitrogen and oxygen atoms in total.